The minimum atomic E-state index is -1.72. The zero-order valence-electron chi connectivity index (χ0n) is 21.6. The predicted octanol–water partition coefficient (Wildman–Crippen LogP) is 3.16. The van der Waals surface area contributed by atoms with Gasteiger partial charge in [-0.2, -0.15) is 0 Å². The molecule has 10 nitrogen and oxygen atoms in total. The van der Waals surface area contributed by atoms with Gasteiger partial charge in [0.25, 0.3) is 11.8 Å². The summed E-state index contributed by atoms with van der Waals surface area (Å²) in [6.45, 7) is 5.81. The van der Waals surface area contributed by atoms with E-state index in [1.165, 1.54) is 13.4 Å². The number of carbonyl (C=O) groups is 2. The van der Waals surface area contributed by atoms with E-state index in [4.69, 9.17) is 10.6 Å². The molecule has 0 spiro atoms. The van der Waals surface area contributed by atoms with Crippen LogP contribution in [-0.2, 0) is 4.79 Å². The second-order valence-electron chi connectivity index (χ2n) is 8.67. The van der Waals surface area contributed by atoms with Crippen LogP contribution in [0.15, 0.2) is 73.1 Å². The molecule has 5 N–H and O–H groups in total. The van der Waals surface area contributed by atoms with Crippen LogP contribution in [0, 0.1) is 0 Å². The predicted molar refractivity (Wildman–Crippen MR) is 147 cm³/mol. The molecular formula is C28H32N6O4. The van der Waals surface area contributed by atoms with Crippen molar-refractivity contribution >= 4 is 34.2 Å². The number of rotatable bonds is 10. The third kappa shape index (κ3) is 5.46. The third-order valence-electron chi connectivity index (χ3n) is 6.51. The molecule has 1 aromatic heterocycles. The lowest BCUT2D eigenvalue weighted by Gasteiger charge is -2.28. The molecule has 2 unspecified atom stereocenters. The van der Waals surface area contributed by atoms with Gasteiger partial charge in [0.05, 0.1) is 36.2 Å². The Bertz CT molecular complexity index is 1400. The van der Waals surface area contributed by atoms with Gasteiger partial charge in [-0.3, -0.25) is 9.59 Å². The van der Waals surface area contributed by atoms with Crippen molar-refractivity contribution in [2.45, 2.75) is 26.0 Å². The Balaban J connectivity index is 1.62. The van der Waals surface area contributed by atoms with E-state index in [2.05, 4.69) is 34.0 Å². The molecule has 198 valence electrons. The van der Waals surface area contributed by atoms with Gasteiger partial charge in [-0.25, -0.2) is 15.8 Å². The number of hydrogen-bond acceptors (Lipinski definition) is 7. The van der Waals surface area contributed by atoms with E-state index in [9.17, 15) is 14.7 Å². The number of H-pyrrole nitrogens is 1. The van der Waals surface area contributed by atoms with E-state index in [1.54, 1.807) is 54.6 Å². The number of nitrogens with two attached hydrogens (primary N) is 1. The van der Waals surface area contributed by atoms with Crippen molar-refractivity contribution < 1.29 is 19.4 Å². The highest BCUT2D eigenvalue weighted by atomic mass is 16.5. The van der Waals surface area contributed by atoms with Crippen LogP contribution >= 0.6 is 0 Å². The molecular weight excluding hydrogens is 484 g/mol. The lowest BCUT2D eigenvalue weighted by Crippen LogP contribution is -2.50. The summed E-state index contributed by atoms with van der Waals surface area (Å²) in [4.78, 5) is 35.9. The zero-order valence-corrected chi connectivity index (χ0v) is 21.6. The molecule has 1 heterocycles. The summed E-state index contributed by atoms with van der Waals surface area (Å²) in [5, 5.41) is 14.9. The number of aromatic nitrogens is 2. The SMILES string of the molecule is CCN(CC)c1ccc(C(=O)NC(c2ccccc2OC)C(O)C(=O)N(N)c2ccc3nc[nH]c3c2)cc1. The number of carbonyl (C=O) groups excluding carboxylic acids is 2. The number of benzene rings is 3. The summed E-state index contributed by atoms with van der Waals surface area (Å²) in [7, 11) is 1.48. The molecule has 4 rings (SSSR count). The van der Waals surface area contributed by atoms with Gasteiger partial charge >= 0.3 is 0 Å². The molecule has 2 amide bonds. The van der Waals surface area contributed by atoms with Gasteiger partial charge in [0.2, 0.25) is 0 Å². The van der Waals surface area contributed by atoms with E-state index >= 15 is 0 Å². The fraction of sp³-hybridized carbons (Fsp3) is 0.250. The number of hydrogen-bond donors (Lipinski definition) is 4. The van der Waals surface area contributed by atoms with Gasteiger partial charge in [-0.1, -0.05) is 18.2 Å². The molecule has 0 saturated heterocycles. The number of nitrogens with zero attached hydrogens (tertiary/aromatic N) is 3. The number of aliphatic hydroxyl groups excluding tert-OH is 1. The number of ether oxygens (including phenoxy) is 1. The molecule has 0 aliphatic carbocycles. The number of anilines is 2. The number of amides is 2. The van der Waals surface area contributed by atoms with Crippen LogP contribution in [0.2, 0.25) is 0 Å². The summed E-state index contributed by atoms with van der Waals surface area (Å²) >= 11 is 0. The highest BCUT2D eigenvalue weighted by Gasteiger charge is 2.34. The number of imidazole rings is 1. The van der Waals surface area contributed by atoms with Crippen LogP contribution in [0.25, 0.3) is 11.0 Å². The molecule has 0 radical (unpaired) electrons. The lowest BCUT2D eigenvalue weighted by molar-refractivity contribution is -0.128. The highest BCUT2D eigenvalue weighted by Crippen LogP contribution is 2.29. The molecule has 0 fully saturated rings. The first kappa shape index (κ1) is 26.6. The molecule has 2 atom stereocenters. The quantitative estimate of drug-likeness (QED) is 0.144. The summed E-state index contributed by atoms with van der Waals surface area (Å²) in [6, 6.07) is 17.9. The Kier molecular flexibility index (Phi) is 8.25. The number of aromatic amines is 1. The Labute approximate surface area is 221 Å². The van der Waals surface area contributed by atoms with Crippen molar-refractivity contribution in [1.29, 1.82) is 0 Å². The van der Waals surface area contributed by atoms with Crippen LogP contribution in [0.1, 0.15) is 35.8 Å². The van der Waals surface area contributed by atoms with Gasteiger partial charge in [0.15, 0.2) is 6.10 Å². The summed E-state index contributed by atoms with van der Waals surface area (Å²) < 4.78 is 5.46. The first-order valence-corrected chi connectivity index (χ1v) is 12.4. The molecule has 0 aliphatic rings. The normalized spacial score (nSPS) is 12.6. The Morgan fingerprint density at radius 2 is 1.74 bits per heavy atom. The molecule has 0 aliphatic heterocycles. The van der Waals surface area contributed by atoms with E-state index in [0.717, 1.165) is 23.8 Å². The summed E-state index contributed by atoms with van der Waals surface area (Å²) in [5.41, 5.74) is 3.55. The van der Waals surface area contributed by atoms with Crippen molar-refractivity contribution in [2.24, 2.45) is 5.84 Å². The van der Waals surface area contributed by atoms with E-state index < -0.39 is 24.0 Å². The van der Waals surface area contributed by atoms with E-state index in [-0.39, 0.29) is 0 Å². The first-order chi connectivity index (χ1) is 18.4. The van der Waals surface area contributed by atoms with Gasteiger partial charge < -0.3 is 25.0 Å². The Morgan fingerprint density at radius 1 is 1.05 bits per heavy atom. The van der Waals surface area contributed by atoms with Crippen molar-refractivity contribution in [1.82, 2.24) is 15.3 Å². The standard InChI is InChI=1S/C28H32N6O4/c1-4-33(5-2)19-12-10-18(11-13-19)27(36)32-25(21-8-6-7-9-24(21)38-3)26(35)28(37)34(29)20-14-15-22-23(16-20)31-17-30-22/h6-17,25-26,35H,4-5,29H2,1-3H3,(H,30,31)(H,32,36). The average Bonchev–Trinajstić information content (AvgIpc) is 3.44. The van der Waals surface area contributed by atoms with Crippen molar-refractivity contribution in [3.8, 4) is 5.75 Å². The minimum absolute atomic E-state index is 0.350. The number of fused-ring (bicyclic) bond motifs is 1. The minimum Gasteiger partial charge on any atom is -0.496 e. The molecule has 38 heavy (non-hydrogen) atoms. The van der Waals surface area contributed by atoms with Gasteiger partial charge in [0.1, 0.15) is 5.75 Å². The van der Waals surface area contributed by atoms with Crippen LogP contribution < -0.4 is 25.8 Å². The van der Waals surface area contributed by atoms with Crippen molar-refractivity contribution in [3.63, 3.8) is 0 Å². The summed E-state index contributed by atoms with van der Waals surface area (Å²) in [6.07, 6.45) is -0.180. The Morgan fingerprint density at radius 3 is 2.42 bits per heavy atom. The van der Waals surface area contributed by atoms with Crippen molar-refractivity contribution in [2.75, 3.05) is 30.1 Å². The van der Waals surface area contributed by atoms with Crippen LogP contribution in [0.4, 0.5) is 11.4 Å². The zero-order chi connectivity index (χ0) is 27.2. The van der Waals surface area contributed by atoms with E-state index in [0.29, 0.717) is 33.6 Å². The van der Waals surface area contributed by atoms with Crippen molar-refractivity contribution in [3.05, 3.63) is 84.2 Å². The molecule has 0 bridgehead atoms. The molecule has 4 aromatic rings. The van der Waals surface area contributed by atoms with Crippen LogP contribution in [0.3, 0.4) is 0 Å². The summed E-state index contributed by atoms with van der Waals surface area (Å²) in [5.74, 6) is 5.28. The van der Waals surface area contributed by atoms with Gasteiger partial charge in [-0.15, -0.1) is 0 Å². The van der Waals surface area contributed by atoms with Crippen LogP contribution in [-0.4, -0.2) is 53.2 Å². The fourth-order valence-corrected chi connectivity index (χ4v) is 4.37. The highest BCUT2D eigenvalue weighted by molar-refractivity contribution is 5.99. The number of hydrazine groups is 1. The maximum atomic E-state index is 13.4. The monoisotopic (exact) mass is 516 g/mol. The van der Waals surface area contributed by atoms with Gasteiger partial charge in [-0.05, 0) is 62.4 Å². The largest absolute Gasteiger partial charge is 0.496 e. The number of methoxy groups -OCH3 is 1. The van der Waals surface area contributed by atoms with Crippen LogP contribution in [0.5, 0.6) is 5.75 Å². The number of aliphatic hydroxyl groups is 1. The second-order valence-corrected chi connectivity index (χ2v) is 8.67. The number of nitrogens with one attached hydrogen (secondary N) is 2. The second kappa shape index (κ2) is 11.8. The molecule has 3 aromatic carbocycles. The average molecular weight is 517 g/mol. The smallest absolute Gasteiger partial charge is 0.272 e. The Hall–Kier alpha value is -4.41. The first-order valence-electron chi connectivity index (χ1n) is 12.4. The maximum Gasteiger partial charge on any atom is 0.272 e. The molecule has 0 saturated carbocycles. The lowest BCUT2D eigenvalue weighted by atomic mass is 9.98. The van der Waals surface area contributed by atoms with Gasteiger partial charge in [0, 0.05) is 29.9 Å². The molecule has 10 heteroatoms. The number of para-hydroxylation sites is 1. The third-order valence-corrected chi connectivity index (χ3v) is 6.51. The van der Waals surface area contributed by atoms with E-state index in [1.807, 2.05) is 12.1 Å². The fourth-order valence-electron chi connectivity index (χ4n) is 4.37. The topological polar surface area (TPSA) is 137 Å². The maximum absolute atomic E-state index is 13.4.